The van der Waals surface area contributed by atoms with Crippen LogP contribution < -0.4 is 16.0 Å². The second kappa shape index (κ2) is 6.77. The summed E-state index contributed by atoms with van der Waals surface area (Å²) in [5.74, 6) is 0. The molecule has 1 aromatic carbocycles. The van der Waals surface area contributed by atoms with Crippen LogP contribution in [0.15, 0.2) is 47.3 Å². The monoisotopic (exact) mass is 273 g/mol. The third-order valence-electron chi connectivity index (χ3n) is 3.11. The lowest BCUT2D eigenvalue weighted by Crippen LogP contribution is -2.28. The molecule has 1 unspecified atom stereocenters. The zero-order valence-corrected chi connectivity index (χ0v) is 11.6. The van der Waals surface area contributed by atoms with Crippen LogP contribution in [0.25, 0.3) is 0 Å². The van der Waals surface area contributed by atoms with E-state index >= 15 is 0 Å². The van der Waals surface area contributed by atoms with Crippen LogP contribution in [0.2, 0.25) is 0 Å². The number of carbonyl (C=O) groups excluding carboxylic acids is 1. The Kier molecular flexibility index (Phi) is 4.79. The smallest absolute Gasteiger partial charge is 0.319 e. The number of carbonyl (C=O) groups is 1. The fraction of sp³-hybridized carbons (Fsp3) is 0.267. The molecular weight excluding hydrogens is 254 g/mol. The molecule has 2 aromatic rings. The molecule has 0 fully saturated rings. The first-order chi connectivity index (χ1) is 9.69. The molecule has 3 N–H and O–H groups in total. The second-order valence-corrected chi connectivity index (χ2v) is 4.58. The Labute approximate surface area is 118 Å². The average molecular weight is 273 g/mol. The Balaban J connectivity index is 1.90. The molecule has 1 atom stereocenters. The van der Waals surface area contributed by atoms with Gasteiger partial charge in [-0.1, -0.05) is 12.1 Å². The Morgan fingerprint density at radius 1 is 1.35 bits per heavy atom. The highest BCUT2D eigenvalue weighted by Crippen LogP contribution is 2.16. The number of hydrogen-bond acceptors (Lipinski definition) is 3. The fourth-order valence-corrected chi connectivity index (χ4v) is 1.80. The Hall–Kier alpha value is -2.27. The highest BCUT2D eigenvalue weighted by atomic mass is 16.3. The predicted octanol–water partition coefficient (Wildman–Crippen LogP) is 2.88. The molecule has 0 saturated heterocycles. The zero-order chi connectivity index (χ0) is 14.4. The van der Waals surface area contributed by atoms with Crippen molar-refractivity contribution in [3.05, 3.63) is 54.0 Å². The van der Waals surface area contributed by atoms with Crippen LogP contribution >= 0.6 is 0 Å². The van der Waals surface area contributed by atoms with E-state index in [0.29, 0.717) is 6.54 Å². The van der Waals surface area contributed by atoms with E-state index < -0.39 is 0 Å². The molecule has 0 spiro atoms. The summed E-state index contributed by atoms with van der Waals surface area (Å²) in [6, 6.07) is 9.59. The van der Waals surface area contributed by atoms with Crippen LogP contribution in [0.3, 0.4) is 0 Å². The minimum Gasteiger partial charge on any atom is -0.472 e. The van der Waals surface area contributed by atoms with Crippen molar-refractivity contribution >= 4 is 11.7 Å². The molecule has 5 nitrogen and oxygen atoms in total. The van der Waals surface area contributed by atoms with Crippen molar-refractivity contribution in [2.24, 2.45) is 0 Å². The summed E-state index contributed by atoms with van der Waals surface area (Å²) in [6.45, 7) is 2.51. The van der Waals surface area contributed by atoms with Gasteiger partial charge in [0.1, 0.15) is 0 Å². The van der Waals surface area contributed by atoms with Crippen molar-refractivity contribution in [2.75, 3.05) is 12.4 Å². The summed E-state index contributed by atoms with van der Waals surface area (Å²) in [5.41, 5.74) is 2.83. The Morgan fingerprint density at radius 3 is 2.90 bits per heavy atom. The van der Waals surface area contributed by atoms with Crippen LogP contribution in [0.5, 0.6) is 0 Å². The first-order valence-electron chi connectivity index (χ1n) is 6.52. The van der Waals surface area contributed by atoms with Gasteiger partial charge in [0.2, 0.25) is 0 Å². The van der Waals surface area contributed by atoms with Crippen molar-refractivity contribution in [3.63, 3.8) is 0 Å². The molecule has 0 saturated carbocycles. The van der Waals surface area contributed by atoms with Gasteiger partial charge in [-0.3, -0.25) is 0 Å². The van der Waals surface area contributed by atoms with Gasteiger partial charge in [-0.05, 0) is 37.7 Å². The van der Waals surface area contributed by atoms with Gasteiger partial charge in [-0.15, -0.1) is 0 Å². The first kappa shape index (κ1) is 14.1. The first-order valence-corrected chi connectivity index (χ1v) is 6.52. The van der Waals surface area contributed by atoms with Crippen LogP contribution in [0.4, 0.5) is 10.5 Å². The van der Waals surface area contributed by atoms with E-state index in [9.17, 15) is 4.79 Å². The minimum atomic E-state index is -0.236. The van der Waals surface area contributed by atoms with E-state index in [-0.39, 0.29) is 12.1 Å². The lowest BCUT2D eigenvalue weighted by molar-refractivity contribution is 0.251. The van der Waals surface area contributed by atoms with Gasteiger partial charge in [0.05, 0.1) is 12.5 Å². The van der Waals surface area contributed by atoms with Crippen molar-refractivity contribution in [2.45, 2.75) is 19.5 Å². The van der Waals surface area contributed by atoms with E-state index in [0.717, 1.165) is 16.8 Å². The van der Waals surface area contributed by atoms with Crippen molar-refractivity contribution in [1.82, 2.24) is 10.6 Å². The number of benzene rings is 1. The Bertz CT molecular complexity index is 552. The maximum Gasteiger partial charge on any atom is 0.319 e. The van der Waals surface area contributed by atoms with Crippen LogP contribution in [-0.4, -0.2) is 13.1 Å². The van der Waals surface area contributed by atoms with Crippen molar-refractivity contribution in [1.29, 1.82) is 0 Å². The van der Waals surface area contributed by atoms with Gasteiger partial charge in [-0.25, -0.2) is 4.79 Å². The molecule has 5 heteroatoms. The summed E-state index contributed by atoms with van der Waals surface area (Å²) in [4.78, 5) is 11.8. The van der Waals surface area contributed by atoms with Crippen LogP contribution in [0, 0.1) is 0 Å². The van der Waals surface area contributed by atoms with Gasteiger partial charge in [0.15, 0.2) is 0 Å². The van der Waals surface area contributed by atoms with Crippen molar-refractivity contribution < 1.29 is 9.21 Å². The number of amides is 2. The average Bonchev–Trinajstić information content (AvgIpc) is 2.98. The van der Waals surface area contributed by atoms with E-state index in [1.165, 1.54) is 0 Å². The molecule has 1 aromatic heterocycles. The lowest BCUT2D eigenvalue weighted by atomic mass is 10.1. The maximum atomic E-state index is 11.8. The van der Waals surface area contributed by atoms with Crippen molar-refractivity contribution in [3.8, 4) is 0 Å². The third-order valence-corrected chi connectivity index (χ3v) is 3.11. The predicted molar refractivity (Wildman–Crippen MR) is 78.5 cm³/mol. The minimum absolute atomic E-state index is 0.236. The van der Waals surface area contributed by atoms with Crippen LogP contribution in [-0.2, 0) is 6.54 Å². The van der Waals surface area contributed by atoms with Gasteiger partial charge >= 0.3 is 6.03 Å². The second-order valence-electron chi connectivity index (χ2n) is 4.58. The highest BCUT2D eigenvalue weighted by Gasteiger charge is 2.06. The maximum absolute atomic E-state index is 11.8. The van der Waals surface area contributed by atoms with Gasteiger partial charge in [-0.2, -0.15) is 0 Å². The lowest BCUT2D eigenvalue weighted by Gasteiger charge is -2.13. The van der Waals surface area contributed by atoms with E-state index in [1.54, 1.807) is 12.5 Å². The molecule has 106 valence electrons. The number of hydrogen-bond donors (Lipinski definition) is 3. The molecule has 0 aliphatic heterocycles. The number of urea groups is 1. The normalized spacial score (nSPS) is 11.9. The summed E-state index contributed by atoms with van der Waals surface area (Å²) in [5, 5.41) is 8.75. The number of anilines is 1. The molecule has 2 amide bonds. The van der Waals surface area contributed by atoms with E-state index in [1.807, 2.05) is 37.4 Å². The fourth-order valence-electron chi connectivity index (χ4n) is 1.80. The molecule has 1 heterocycles. The number of nitrogens with one attached hydrogen (secondary N) is 3. The molecule has 2 rings (SSSR count). The third kappa shape index (κ3) is 3.86. The SMILES string of the molecule is CNC(C)c1cccc(NC(=O)NCc2ccoc2)c1. The van der Waals surface area contributed by atoms with Crippen LogP contribution in [0.1, 0.15) is 24.1 Å². The van der Waals surface area contributed by atoms with E-state index in [2.05, 4.69) is 22.9 Å². The molecule has 0 radical (unpaired) electrons. The molecule has 0 bridgehead atoms. The zero-order valence-electron chi connectivity index (χ0n) is 11.6. The summed E-state index contributed by atoms with van der Waals surface area (Å²) in [7, 11) is 1.91. The standard InChI is InChI=1S/C15H19N3O2/c1-11(16-2)13-4-3-5-14(8-13)18-15(19)17-9-12-6-7-20-10-12/h3-8,10-11,16H,9H2,1-2H3,(H2,17,18,19). The number of rotatable bonds is 5. The summed E-state index contributed by atoms with van der Waals surface area (Å²) in [6.07, 6.45) is 3.19. The topological polar surface area (TPSA) is 66.3 Å². The largest absolute Gasteiger partial charge is 0.472 e. The van der Waals surface area contributed by atoms with Gasteiger partial charge in [0, 0.05) is 23.8 Å². The van der Waals surface area contributed by atoms with Gasteiger partial charge < -0.3 is 20.4 Å². The quantitative estimate of drug-likeness (QED) is 0.784. The molecule has 0 aliphatic carbocycles. The summed E-state index contributed by atoms with van der Waals surface area (Å²) >= 11 is 0. The Morgan fingerprint density at radius 2 is 2.20 bits per heavy atom. The van der Waals surface area contributed by atoms with Gasteiger partial charge in [0.25, 0.3) is 0 Å². The summed E-state index contributed by atoms with van der Waals surface area (Å²) < 4.78 is 4.94. The molecule has 20 heavy (non-hydrogen) atoms. The van der Waals surface area contributed by atoms with E-state index in [4.69, 9.17) is 4.42 Å². The number of furan rings is 1. The highest BCUT2D eigenvalue weighted by molar-refractivity contribution is 5.89. The molecule has 0 aliphatic rings. The molecular formula is C15H19N3O2.